The van der Waals surface area contributed by atoms with Gasteiger partial charge in [0.2, 0.25) is 5.88 Å². The number of morpholine rings is 1. The molecule has 1 saturated heterocycles. The van der Waals surface area contributed by atoms with Gasteiger partial charge in [-0.3, -0.25) is 4.98 Å². The lowest BCUT2D eigenvalue weighted by Gasteiger charge is -2.23. The number of hydrogen-bond acceptors (Lipinski definition) is 5. The van der Waals surface area contributed by atoms with Gasteiger partial charge in [-0.2, -0.15) is 0 Å². The molecule has 2 aliphatic rings. The Hall–Kier alpha value is -2.58. The summed E-state index contributed by atoms with van der Waals surface area (Å²) in [6.45, 7) is 2.61. The summed E-state index contributed by atoms with van der Waals surface area (Å²) >= 11 is 0. The maximum Gasteiger partial charge on any atom is 0.270 e. The molecule has 1 unspecified atom stereocenters. The molecule has 2 fully saturated rings. The standard InChI is InChI=1S/C20H20F2N4O2/c21-20(22)9-18(20)26-6-3-13(11-26)16-8-17-15(2-1-4-24-17)19(25-16)28-12-14-10-23-5-7-27-14/h1-4,6,8,11,14,18,23H,5,7,9-10,12H2/t14-,18?/m0/s1. The largest absolute Gasteiger partial charge is 0.474 e. The molecular weight excluding hydrogens is 366 g/mol. The van der Waals surface area contributed by atoms with E-state index in [4.69, 9.17) is 9.47 Å². The zero-order chi connectivity index (χ0) is 19.1. The van der Waals surface area contributed by atoms with E-state index in [0.29, 0.717) is 24.8 Å². The van der Waals surface area contributed by atoms with Crippen LogP contribution in [0.2, 0.25) is 0 Å². The van der Waals surface area contributed by atoms with E-state index < -0.39 is 12.0 Å². The molecule has 1 aliphatic carbocycles. The highest BCUT2D eigenvalue weighted by atomic mass is 19.3. The molecule has 2 atom stereocenters. The first-order chi connectivity index (χ1) is 13.6. The first kappa shape index (κ1) is 17.5. The third kappa shape index (κ3) is 3.33. The van der Waals surface area contributed by atoms with Gasteiger partial charge in [0.1, 0.15) is 18.8 Å². The zero-order valence-corrected chi connectivity index (χ0v) is 15.1. The number of hydrogen-bond donors (Lipinski definition) is 1. The highest BCUT2D eigenvalue weighted by molar-refractivity contribution is 5.86. The molecule has 0 spiro atoms. The number of alkyl halides is 2. The lowest BCUT2D eigenvalue weighted by atomic mass is 10.1. The summed E-state index contributed by atoms with van der Waals surface area (Å²) in [5.41, 5.74) is 2.15. The fourth-order valence-corrected chi connectivity index (χ4v) is 3.48. The van der Waals surface area contributed by atoms with Crippen LogP contribution < -0.4 is 10.1 Å². The molecule has 5 rings (SSSR count). The van der Waals surface area contributed by atoms with Gasteiger partial charge in [-0.1, -0.05) is 0 Å². The lowest BCUT2D eigenvalue weighted by Crippen LogP contribution is -2.41. The molecule has 4 heterocycles. The van der Waals surface area contributed by atoms with Crippen molar-refractivity contribution in [1.29, 1.82) is 0 Å². The van der Waals surface area contributed by atoms with E-state index in [2.05, 4.69) is 15.3 Å². The molecule has 0 radical (unpaired) electrons. The number of fused-ring (bicyclic) bond motifs is 1. The molecule has 28 heavy (non-hydrogen) atoms. The van der Waals surface area contributed by atoms with Crippen LogP contribution in [0.1, 0.15) is 12.5 Å². The number of nitrogens with zero attached hydrogens (tertiary/aromatic N) is 3. The summed E-state index contributed by atoms with van der Waals surface area (Å²) in [4.78, 5) is 9.06. The monoisotopic (exact) mass is 386 g/mol. The Morgan fingerprint density at radius 2 is 2.25 bits per heavy atom. The van der Waals surface area contributed by atoms with Gasteiger partial charge in [0.15, 0.2) is 0 Å². The first-order valence-electron chi connectivity index (χ1n) is 9.37. The van der Waals surface area contributed by atoms with Crippen molar-refractivity contribution in [2.24, 2.45) is 0 Å². The van der Waals surface area contributed by atoms with Gasteiger partial charge in [-0.25, -0.2) is 13.8 Å². The van der Waals surface area contributed by atoms with Gasteiger partial charge in [0.05, 0.1) is 23.2 Å². The van der Waals surface area contributed by atoms with E-state index in [9.17, 15) is 8.78 Å². The number of aromatic nitrogens is 3. The smallest absolute Gasteiger partial charge is 0.270 e. The average Bonchev–Trinajstić information content (AvgIpc) is 3.13. The Bertz CT molecular complexity index is 1000. The van der Waals surface area contributed by atoms with Crippen LogP contribution in [0.5, 0.6) is 5.88 Å². The van der Waals surface area contributed by atoms with Gasteiger partial charge in [0, 0.05) is 43.7 Å². The normalized spacial score (nSPS) is 23.6. The number of rotatable bonds is 5. The predicted octanol–water partition coefficient (Wildman–Crippen LogP) is 3.05. The molecular formula is C20H20F2N4O2. The third-order valence-electron chi connectivity index (χ3n) is 5.14. The van der Waals surface area contributed by atoms with Crippen LogP contribution in [-0.2, 0) is 4.74 Å². The van der Waals surface area contributed by atoms with E-state index in [1.807, 2.05) is 18.2 Å². The number of ether oxygens (including phenoxy) is 2. The topological polar surface area (TPSA) is 61.2 Å². The molecule has 0 aromatic carbocycles. The molecule has 1 saturated carbocycles. The van der Waals surface area contributed by atoms with Crippen molar-refractivity contribution in [3.63, 3.8) is 0 Å². The minimum atomic E-state index is -2.61. The minimum absolute atomic E-state index is 0.0379. The van der Waals surface area contributed by atoms with E-state index in [1.54, 1.807) is 29.2 Å². The van der Waals surface area contributed by atoms with Crippen molar-refractivity contribution in [3.8, 4) is 17.1 Å². The predicted molar refractivity (Wildman–Crippen MR) is 99.7 cm³/mol. The highest BCUT2D eigenvalue weighted by Crippen LogP contribution is 2.52. The Morgan fingerprint density at radius 1 is 1.36 bits per heavy atom. The van der Waals surface area contributed by atoms with E-state index >= 15 is 0 Å². The van der Waals surface area contributed by atoms with Crippen molar-refractivity contribution in [2.45, 2.75) is 24.5 Å². The van der Waals surface area contributed by atoms with Crippen LogP contribution >= 0.6 is 0 Å². The second-order valence-corrected chi connectivity index (χ2v) is 7.22. The molecule has 0 bridgehead atoms. The van der Waals surface area contributed by atoms with Crippen molar-refractivity contribution in [1.82, 2.24) is 19.9 Å². The maximum atomic E-state index is 13.4. The van der Waals surface area contributed by atoms with E-state index in [1.165, 1.54) is 0 Å². The second-order valence-electron chi connectivity index (χ2n) is 7.22. The number of halogens is 2. The Labute approximate surface area is 160 Å². The third-order valence-corrected chi connectivity index (χ3v) is 5.14. The SMILES string of the molecule is FC1(F)CC1n1ccc(-c2cc3ncccc3c(OC[C@@H]3CNCCO3)n2)c1. The van der Waals surface area contributed by atoms with Crippen LogP contribution in [0.4, 0.5) is 8.78 Å². The van der Waals surface area contributed by atoms with Gasteiger partial charge < -0.3 is 19.4 Å². The van der Waals surface area contributed by atoms with Crippen molar-refractivity contribution in [3.05, 3.63) is 42.9 Å². The van der Waals surface area contributed by atoms with Crippen molar-refractivity contribution in [2.75, 3.05) is 26.3 Å². The summed E-state index contributed by atoms with van der Waals surface area (Å²) in [6.07, 6.45) is 4.94. The van der Waals surface area contributed by atoms with Gasteiger partial charge in [-0.15, -0.1) is 0 Å². The van der Waals surface area contributed by atoms with Crippen LogP contribution in [0.25, 0.3) is 22.2 Å². The number of nitrogens with one attached hydrogen (secondary N) is 1. The van der Waals surface area contributed by atoms with Crippen molar-refractivity contribution < 1.29 is 18.3 Å². The molecule has 6 nitrogen and oxygen atoms in total. The average molecular weight is 386 g/mol. The minimum Gasteiger partial charge on any atom is -0.474 e. The quantitative estimate of drug-likeness (QED) is 0.730. The summed E-state index contributed by atoms with van der Waals surface area (Å²) < 4.78 is 39.9. The molecule has 1 N–H and O–H groups in total. The van der Waals surface area contributed by atoms with Gasteiger partial charge in [-0.05, 0) is 24.3 Å². The summed E-state index contributed by atoms with van der Waals surface area (Å²) in [5, 5.41) is 4.08. The van der Waals surface area contributed by atoms with Crippen LogP contribution in [0.15, 0.2) is 42.9 Å². The van der Waals surface area contributed by atoms with Crippen LogP contribution in [0, 0.1) is 0 Å². The summed E-state index contributed by atoms with van der Waals surface area (Å²) in [6, 6.07) is 6.63. The lowest BCUT2D eigenvalue weighted by molar-refractivity contribution is -0.000365. The Morgan fingerprint density at radius 3 is 3.04 bits per heavy atom. The molecule has 1 aliphatic heterocycles. The fourth-order valence-electron chi connectivity index (χ4n) is 3.48. The Kier molecular flexibility index (Phi) is 4.25. The van der Waals surface area contributed by atoms with Gasteiger partial charge >= 0.3 is 0 Å². The second kappa shape index (κ2) is 6.79. The van der Waals surface area contributed by atoms with Crippen LogP contribution in [-0.4, -0.2) is 52.9 Å². The summed E-state index contributed by atoms with van der Waals surface area (Å²) in [5.74, 6) is -2.14. The zero-order valence-electron chi connectivity index (χ0n) is 15.1. The fraction of sp³-hybridized carbons (Fsp3) is 0.400. The Balaban J connectivity index is 1.44. The van der Waals surface area contributed by atoms with Crippen LogP contribution in [0.3, 0.4) is 0 Å². The first-order valence-corrected chi connectivity index (χ1v) is 9.37. The highest BCUT2D eigenvalue weighted by Gasteiger charge is 2.58. The van der Waals surface area contributed by atoms with Gasteiger partial charge in [0.25, 0.3) is 5.92 Å². The number of pyridine rings is 2. The van der Waals surface area contributed by atoms with E-state index in [-0.39, 0.29) is 12.5 Å². The van der Waals surface area contributed by atoms with E-state index in [0.717, 1.165) is 29.6 Å². The van der Waals surface area contributed by atoms with Crippen molar-refractivity contribution >= 4 is 10.9 Å². The molecule has 3 aromatic heterocycles. The maximum absolute atomic E-state index is 13.4. The summed E-state index contributed by atoms with van der Waals surface area (Å²) in [7, 11) is 0. The molecule has 146 valence electrons. The molecule has 0 amide bonds. The molecule has 3 aromatic rings. The molecule has 8 heteroatoms.